The summed E-state index contributed by atoms with van der Waals surface area (Å²) in [6, 6.07) is 6.62. The standard InChI is InChI=1S/C20H25N3O3S2/c1-2-26-20(25)22-10-8-21(9-11-22)18(24)14-23-7-5-16-15(6-13-28-16)19(23)17-4-3-12-27-17/h3-4,6,12-13,19H,2,5,7-11,14H2,1H3. The fraction of sp³-hybridized carbons (Fsp3) is 0.500. The summed E-state index contributed by atoms with van der Waals surface area (Å²) in [7, 11) is 0. The lowest BCUT2D eigenvalue weighted by molar-refractivity contribution is -0.134. The van der Waals surface area contributed by atoms with Gasteiger partial charge in [-0.25, -0.2) is 4.79 Å². The number of hydrogen-bond acceptors (Lipinski definition) is 6. The van der Waals surface area contributed by atoms with Crippen molar-refractivity contribution in [3.8, 4) is 0 Å². The maximum absolute atomic E-state index is 13.0. The lowest BCUT2D eigenvalue weighted by atomic mass is 9.98. The lowest BCUT2D eigenvalue weighted by Gasteiger charge is -2.38. The zero-order valence-electron chi connectivity index (χ0n) is 16.0. The molecule has 1 atom stereocenters. The molecule has 1 unspecified atom stereocenters. The molecule has 0 radical (unpaired) electrons. The van der Waals surface area contributed by atoms with Gasteiger partial charge >= 0.3 is 6.09 Å². The van der Waals surface area contributed by atoms with Gasteiger partial charge in [-0.15, -0.1) is 22.7 Å². The summed E-state index contributed by atoms with van der Waals surface area (Å²) in [5, 5.41) is 4.26. The Morgan fingerprint density at radius 3 is 2.57 bits per heavy atom. The van der Waals surface area contributed by atoms with Gasteiger partial charge in [0.15, 0.2) is 0 Å². The molecule has 0 N–H and O–H groups in total. The Balaban J connectivity index is 1.41. The van der Waals surface area contributed by atoms with Gasteiger partial charge < -0.3 is 14.5 Å². The molecule has 1 saturated heterocycles. The Morgan fingerprint density at radius 2 is 1.86 bits per heavy atom. The average molecular weight is 420 g/mol. The van der Waals surface area contributed by atoms with Gasteiger partial charge in [0.2, 0.25) is 5.91 Å². The van der Waals surface area contributed by atoms with Gasteiger partial charge in [0, 0.05) is 42.5 Å². The Bertz CT molecular complexity index is 813. The minimum absolute atomic E-state index is 0.142. The highest BCUT2D eigenvalue weighted by Gasteiger charge is 2.33. The summed E-state index contributed by atoms with van der Waals surface area (Å²) in [5.74, 6) is 0.142. The van der Waals surface area contributed by atoms with E-state index in [4.69, 9.17) is 4.74 Å². The van der Waals surface area contributed by atoms with Crippen LogP contribution >= 0.6 is 22.7 Å². The third-order valence-electron chi connectivity index (χ3n) is 5.38. The van der Waals surface area contributed by atoms with Gasteiger partial charge in [-0.05, 0) is 41.8 Å². The van der Waals surface area contributed by atoms with E-state index in [-0.39, 0.29) is 18.0 Å². The minimum atomic E-state index is -0.284. The summed E-state index contributed by atoms with van der Waals surface area (Å²) >= 11 is 3.57. The van der Waals surface area contributed by atoms with E-state index in [1.54, 1.807) is 23.2 Å². The molecule has 4 rings (SSSR count). The summed E-state index contributed by atoms with van der Waals surface area (Å²) < 4.78 is 5.06. The number of carbonyl (C=O) groups excluding carboxylic acids is 2. The van der Waals surface area contributed by atoms with Crippen molar-refractivity contribution in [2.24, 2.45) is 0 Å². The monoisotopic (exact) mass is 419 g/mol. The van der Waals surface area contributed by atoms with Crippen LogP contribution in [0.4, 0.5) is 4.79 Å². The van der Waals surface area contributed by atoms with Gasteiger partial charge in [0.1, 0.15) is 0 Å². The second-order valence-corrected chi connectivity index (χ2v) is 8.98. The van der Waals surface area contributed by atoms with Gasteiger partial charge in [0.05, 0.1) is 19.2 Å². The number of amides is 2. The first kappa shape index (κ1) is 19.4. The van der Waals surface area contributed by atoms with E-state index in [0.717, 1.165) is 13.0 Å². The van der Waals surface area contributed by atoms with Crippen LogP contribution in [0.2, 0.25) is 0 Å². The molecule has 2 amide bonds. The van der Waals surface area contributed by atoms with Crippen LogP contribution in [0.1, 0.15) is 28.3 Å². The van der Waals surface area contributed by atoms with E-state index in [9.17, 15) is 9.59 Å². The molecule has 28 heavy (non-hydrogen) atoms. The molecule has 2 aliphatic heterocycles. The van der Waals surface area contributed by atoms with Crippen molar-refractivity contribution in [1.82, 2.24) is 14.7 Å². The zero-order valence-corrected chi connectivity index (χ0v) is 17.6. The molecular weight excluding hydrogens is 394 g/mol. The first-order valence-electron chi connectivity index (χ1n) is 9.70. The summed E-state index contributed by atoms with van der Waals surface area (Å²) in [6.45, 7) is 5.70. The molecule has 1 fully saturated rings. The molecule has 2 aromatic heterocycles. The average Bonchev–Trinajstić information content (AvgIpc) is 3.40. The Labute approximate surface area is 173 Å². The van der Waals surface area contributed by atoms with E-state index in [1.807, 2.05) is 16.2 Å². The number of thiophene rings is 2. The molecule has 0 aliphatic carbocycles. The first-order valence-corrected chi connectivity index (χ1v) is 11.5. The molecule has 150 valence electrons. The number of hydrogen-bond donors (Lipinski definition) is 0. The molecule has 8 heteroatoms. The minimum Gasteiger partial charge on any atom is -0.450 e. The van der Waals surface area contributed by atoms with Crippen molar-refractivity contribution < 1.29 is 14.3 Å². The SMILES string of the molecule is CCOC(=O)N1CCN(C(=O)CN2CCc3sccc3C2c2cccs2)CC1. The number of piperazine rings is 1. The van der Waals surface area contributed by atoms with Crippen molar-refractivity contribution in [2.75, 3.05) is 45.9 Å². The van der Waals surface area contributed by atoms with E-state index < -0.39 is 0 Å². The predicted octanol–water partition coefficient (Wildman–Crippen LogP) is 3.06. The number of ether oxygens (including phenoxy) is 1. The number of fused-ring (bicyclic) bond motifs is 1. The van der Waals surface area contributed by atoms with E-state index in [2.05, 4.69) is 33.9 Å². The van der Waals surface area contributed by atoms with Crippen LogP contribution in [0.15, 0.2) is 29.0 Å². The van der Waals surface area contributed by atoms with Crippen molar-refractivity contribution in [3.63, 3.8) is 0 Å². The van der Waals surface area contributed by atoms with Gasteiger partial charge in [-0.2, -0.15) is 0 Å². The molecule has 4 heterocycles. The number of rotatable bonds is 4. The van der Waals surface area contributed by atoms with E-state index in [0.29, 0.717) is 39.3 Å². The Kier molecular flexibility index (Phi) is 5.99. The van der Waals surface area contributed by atoms with Crippen molar-refractivity contribution in [1.29, 1.82) is 0 Å². The maximum Gasteiger partial charge on any atom is 0.409 e. The van der Waals surface area contributed by atoms with Crippen LogP contribution in [-0.4, -0.2) is 72.6 Å². The fourth-order valence-corrected chi connectivity index (χ4v) is 5.73. The fourth-order valence-electron chi connectivity index (χ4n) is 3.95. The second kappa shape index (κ2) is 8.63. The van der Waals surface area contributed by atoms with Crippen LogP contribution in [0, 0.1) is 0 Å². The third-order valence-corrected chi connectivity index (χ3v) is 7.30. The topological polar surface area (TPSA) is 53.1 Å². The smallest absolute Gasteiger partial charge is 0.409 e. The van der Waals surface area contributed by atoms with Crippen LogP contribution in [0.5, 0.6) is 0 Å². The normalized spacial score (nSPS) is 20.1. The highest BCUT2D eigenvalue weighted by Crippen LogP contribution is 2.39. The van der Waals surface area contributed by atoms with Crippen LogP contribution in [0.3, 0.4) is 0 Å². The Morgan fingerprint density at radius 1 is 1.07 bits per heavy atom. The lowest BCUT2D eigenvalue weighted by Crippen LogP contribution is -2.53. The third kappa shape index (κ3) is 3.94. The van der Waals surface area contributed by atoms with Crippen molar-refractivity contribution in [2.45, 2.75) is 19.4 Å². The molecule has 0 bridgehead atoms. The van der Waals surface area contributed by atoms with Crippen LogP contribution in [-0.2, 0) is 16.0 Å². The largest absolute Gasteiger partial charge is 0.450 e. The van der Waals surface area contributed by atoms with Crippen molar-refractivity contribution >= 4 is 34.7 Å². The molecule has 0 saturated carbocycles. The molecule has 0 spiro atoms. The Hall–Kier alpha value is -1.90. The van der Waals surface area contributed by atoms with E-state index in [1.165, 1.54) is 15.3 Å². The van der Waals surface area contributed by atoms with E-state index >= 15 is 0 Å². The molecular formula is C20H25N3O3S2. The number of carbonyl (C=O) groups is 2. The summed E-state index contributed by atoms with van der Waals surface area (Å²) in [4.78, 5) is 33.4. The maximum atomic E-state index is 13.0. The molecule has 0 aromatic carbocycles. The second-order valence-electron chi connectivity index (χ2n) is 7.00. The summed E-state index contributed by atoms with van der Waals surface area (Å²) in [5.41, 5.74) is 1.35. The highest BCUT2D eigenvalue weighted by atomic mass is 32.1. The van der Waals surface area contributed by atoms with Gasteiger partial charge in [0.25, 0.3) is 0 Å². The molecule has 2 aliphatic rings. The van der Waals surface area contributed by atoms with Gasteiger partial charge in [-0.3, -0.25) is 9.69 Å². The molecule has 6 nitrogen and oxygen atoms in total. The highest BCUT2D eigenvalue weighted by molar-refractivity contribution is 7.10. The molecule has 2 aromatic rings. The van der Waals surface area contributed by atoms with Crippen LogP contribution in [0.25, 0.3) is 0 Å². The summed E-state index contributed by atoms with van der Waals surface area (Å²) in [6.07, 6.45) is 0.715. The zero-order chi connectivity index (χ0) is 19.5. The first-order chi connectivity index (χ1) is 13.7. The van der Waals surface area contributed by atoms with Gasteiger partial charge in [-0.1, -0.05) is 6.07 Å². The quantitative estimate of drug-likeness (QED) is 0.764. The van der Waals surface area contributed by atoms with Crippen molar-refractivity contribution in [3.05, 3.63) is 44.3 Å². The predicted molar refractivity (Wildman–Crippen MR) is 111 cm³/mol. The van der Waals surface area contributed by atoms with Crippen LogP contribution < -0.4 is 0 Å². The number of nitrogens with zero attached hydrogens (tertiary/aromatic N) is 3.